The Morgan fingerprint density at radius 3 is 0.667 bits per heavy atom. The molecule has 0 bridgehead atoms. The highest BCUT2D eigenvalue weighted by atomic mass is 16.3. The molecule has 0 aromatic heterocycles. The van der Waals surface area contributed by atoms with Gasteiger partial charge in [-0.2, -0.15) is 0 Å². The van der Waals surface area contributed by atoms with E-state index in [1.807, 2.05) is 0 Å². The molecule has 0 saturated heterocycles. The third-order valence-electron chi connectivity index (χ3n) is 4.12. The lowest BCUT2D eigenvalue weighted by atomic mass is 9.93. The van der Waals surface area contributed by atoms with Crippen molar-refractivity contribution in [1.29, 1.82) is 8.59 Å². The fourth-order valence-electron chi connectivity index (χ4n) is 3.02. The van der Waals surface area contributed by atoms with Gasteiger partial charge >= 0.3 is 0 Å². The second kappa shape index (κ2) is 4.48. The summed E-state index contributed by atoms with van der Waals surface area (Å²) in [7, 11) is 0. The number of phenols is 6. The number of fused-ring (bicyclic) bond motifs is 6. The first-order chi connectivity index (χ1) is 14.6. The molecule has 24 heavy (non-hydrogen) atoms. The van der Waals surface area contributed by atoms with Crippen LogP contribution in [0.1, 0.15) is 0 Å². The van der Waals surface area contributed by atoms with E-state index in [9.17, 15) is 0 Å². The van der Waals surface area contributed by atoms with Crippen LogP contribution >= 0.6 is 0 Å². The van der Waals surface area contributed by atoms with Crippen LogP contribution in [0.5, 0.6) is 34.5 Å². The van der Waals surface area contributed by atoms with Crippen LogP contribution in [0.15, 0.2) is 36.4 Å². The van der Waals surface area contributed by atoms with E-state index in [4.69, 9.17) is 8.59 Å². The molecule has 0 aliphatic carbocycles. The van der Waals surface area contributed by atoms with E-state index >= 15 is 0 Å². The molecule has 6 N–H and O–H groups in total. The van der Waals surface area contributed by atoms with Crippen molar-refractivity contribution in [3.8, 4) is 34.5 Å². The molecular formula is C18H12O6. The van der Waals surface area contributed by atoms with Crippen molar-refractivity contribution in [1.82, 2.24) is 0 Å². The third kappa shape index (κ3) is 1.77. The van der Waals surface area contributed by atoms with Gasteiger partial charge in [0.15, 0.2) is 34.5 Å². The van der Waals surface area contributed by atoms with E-state index in [2.05, 4.69) is 30.7 Å². The van der Waals surface area contributed by atoms with Crippen molar-refractivity contribution in [2.45, 2.75) is 0 Å². The van der Waals surface area contributed by atoms with Gasteiger partial charge in [0.05, 0.1) is 0 Å². The van der Waals surface area contributed by atoms with Gasteiger partial charge in [0.1, 0.15) is 0 Å². The van der Waals surface area contributed by atoms with Crippen LogP contribution < -0.4 is 0 Å². The second-order valence-electron chi connectivity index (χ2n) is 5.53. The summed E-state index contributed by atoms with van der Waals surface area (Å²) in [5, 5.41) is 30.7. The van der Waals surface area contributed by atoms with Crippen molar-refractivity contribution in [3.63, 3.8) is 0 Å². The van der Waals surface area contributed by atoms with Crippen molar-refractivity contribution in [2.75, 3.05) is 0 Å². The second-order valence-corrected chi connectivity index (χ2v) is 5.53. The van der Waals surface area contributed by atoms with Crippen LogP contribution in [-0.2, 0) is 0 Å². The number of hydrogen-bond donors (Lipinski definition) is 6. The lowest BCUT2D eigenvalue weighted by Crippen LogP contribution is -1.85. The highest BCUT2D eigenvalue weighted by Crippen LogP contribution is 2.45. The molecule has 0 saturated carbocycles. The van der Waals surface area contributed by atoms with E-state index in [-0.39, 0.29) is 34.5 Å². The van der Waals surface area contributed by atoms with E-state index in [0.29, 0.717) is 32.3 Å². The van der Waals surface area contributed by atoms with Crippen LogP contribution in [0.2, 0.25) is 0 Å². The Labute approximate surface area is 143 Å². The zero-order valence-corrected chi connectivity index (χ0v) is 11.9. The lowest BCUT2D eigenvalue weighted by Gasteiger charge is -2.13. The minimum Gasteiger partial charge on any atom is -0.504 e. The number of hydrogen-bond acceptors (Lipinski definition) is 6. The van der Waals surface area contributed by atoms with Crippen molar-refractivity contribution in [2.24, 2.45) is 0 Å². The van der Waals surface area contributed by atoms with Crippen LogP contribution in [0.3, 0.4) is 0 Å². The predicted molar refractivity (Wildman–Crippen MR) is 88.9 cm³/mol. The van der Waals surface area contributed by atoms with Crippen molar-refractivity contribution >= 4 is 32.3 Å². The molecular weight excluding hydrogens is 312 g/mol. The molecule has 0 radical (unpaired) electrons. The minimum atomic E-state index is -0.0182. The van der Waals surface area contributed by atoms with E-state index in [0.717, 1.165) is 0 Å². The summed E-state index contributed by atoms with van der Waals surface area (Å²) in [4.78, 5) is 0. The molecule has 0 atom stereocenters. The molecule has 6 heteroatoms. The molecule has 0 unspecified atom stereocenters. The smallest absolute Gasteiger partial charge is 0.293 e. The summed E-state index contributed by atoms with van der Waals surface area (Å²) in [6.07, 6.45) is 0. The van der Waals surface area contributed by atoms with Gasteiger partial charge < -0.3 is 30.7 Å². The Balaban J connectivity index is 2.29. The predicted octanol–water partition coefficient (Wildman–Crippen LogP) is 3.38. The molecule has 4 rings (SSSR count). The first-order valence-electron chi connectivity index (χ1n) is 9.39. The fraction of sp³-hybridized carbons (Fsp3) is 0. The maximum Gasteiger partial charge on any atom is 0.293 e. The summed E-state index contributed by atoms with van der Waals surface area (Å²) < 4.78 is 43.5. The highest BCUT2D eigenvalue weighted by Gasteiger charge is 2.16. The molecule has 4 aromatic carbocycles. The fourth-order valence-corrected chi connectivity index (χ4v) is 3.02. The van der Waals surface area contributed by atoms with Gasteiger partial charge in [-0.05, 0) is 68.7 Å². The Hall–Kier alpha value is -3.54. The summed E-state index contributed by atoms with van der Waals surface area (Å²) in [6, 6.07) is 8.91. The molecule has 0 fully saturated rings. The van der Waals surface area contributed by atoms with Gasteiger partial charge in [-0.15, -0.1) is 0 Å². The summed E-state index contributed by atoms with van der Waals surface area (Å²) in [5.41, 5.74) is 0. The average molecular weight is 330 g/mol. The average Bonchev–Trinajstić information content (AvgIpc) is 2.81. The maximum absolute atomic E-state index is 7.25. The van der Waals surface area contributed by atoms with Crippen molar-refractivity contribution < 1.29 is 30.7 Å². The van der Waals surface area contributed by atoms with Crippen LogP contribution in [0.25, 0.3) is 32.3 Å². The van der Waals surface area contributed by atoms with Gasteiger partial charge in [-0.1, -0.05) is 0 Å². The van der Waals surface area contributed by atoms with Gasteiger partial charge in [-0.25, -0.2) is 0 Å². The Morgan fingerprint density at radius 1 is 0.375 bits per heavy atom. The first-order valence-corrected chi connectivity index (χ1v) is 6.94. The van der Waals surface area contributed by atoms with Crippen LogP contribution in [0.4, 0.5) is 0 Å². The van der Waals surface area contributed by atoms with Gasteiger partial charge in [0, 0.05) is 0 Å². The SMILES string of the molecule is [2H]Oc1cc2c3cc(O[2H])c(O[2H])cc3c3cc(O[2H])c(O[2H])cc3c2cc1O[2H]. The molecule has 0 spiro atoms. The van der Waals surface area contributed by atoms with Crippen LogP contribution in [0, 0.1) is 0 Å². The maximum atomic E-state index is 7.25. The number of rotatable bonds is 6. The zero-order valence-electron chi connectivity index (χ0n) is 17.9. The normalized spacial score (nSPS) is 14.0. The van der Waals surface area contributed by atoms with Crippen molar-refractivity contribution in [3.05, 3.63) is 36.4 Å². The number of phenolic OH excluding ortho intramolecular Hbond substituents is 6. The van der Waals surface area contributed by atoms with Crippen LogP contribution in [-0.4, -0.2) is 39.2 Å². The Bertz CT molecular complexity index is 999. The lowest BCUT2D eigenvalue weighted by molar-refractivity contribution is 0.404. The largest absolute Gasteiger partial charge is 0.504 e. The monoisotopic (exact) mass is 330 g/mol. The third-order valence-corrected chi connectivity index (χ3v) is 4.12. The Kier molecular flexibility index (Phi) is 1.67. The standard InChI is InChI=1S/C18H12O6/c19-13-1-7-8(2-14(13)20)10-4-17(23)18(24)6-12(10)11-5-16(22)15(21)3-9(7)11/h1-6,19-24H/i/hD6. The van der Waals surface area contributed by atoms with E-state index in [1.54, 1.807) is 0 Å². The van der Waals surface area contributed by atoms with Gasteiger partial charge in [0.2, 0.25) is 0 Å². The first kappa shape index (κ1) is 8.93. The van der Waals surface area contributed by atoms with E-state index < -0.39 is 0 Å². The molecule has 4 aromatic rings. The van der Waals surface area contributed by atoms with E-state index in [1.165, 1.54) is 36.4 Å². The number of benzene rings is 4. The minimum absolute atomic E-state index is 0.0182. The number of aromatic hydroxyl groups is 6. The summed E-state index contributed by atoms with van der Waals surface area (Å²) >= 11 is 0. The molecule has 120 valence electrons. The summed E-state index contributed by atoms with van der Waals surface area (Å²) in [6.45, 7) is 0. The molecule has 0 aliphatic heterocycles. The quantitative estimate of drug-likeness (QED) is 0.238. The van der Waals surface area contributed by atoms with Gasteiger partial charge in [0.25, 0.3) is 8.59 Å². The molecule has 6 nitrogen and oxygen atoms in total. The summed E-state index contributed by atoms with van der Waals surface area (Å²) in [5.74, 6) is -0.109. The zero-order chi connectivity index (χ0) is 21.4. The Morgan fingerprint density at radius 2 is 0.542 bits per heavy atom. The molecule has 0 aliphatic rings. The van der Waals surface area contributed by atoms with Gasteiger partial charge in [-0.3, -0.25) is 0 Å². The topological polar surface area (TPSA) is 121 Å². The molecule has 0 heterocycles. The molecule has 0 amide bonds. The highest BCUT2D eigenvalue weighted by molar-refractivity contribution is 6.26.